The van der Waals surface area contributed by atoms with Crippen LogP contribution in [0, 0.1) is 6.92 Å². The lowest BCUT2D eigenvalue weighted by Gasteiger charge is -2.36. The van der Waals surface area contributed by atoms with Crippen molar-refractivity contribution in [3.8, 4) is 0 Å². The van der Waals surface area contributed by atoms with Crippen molar-refractivity contribution in [3.63, 3.8) is 0 Å². The third kappa shape index (κ3) is 3.91. The van der Waals surface area contributed by atoms with Gasteiger partial charge in [0, 0.05) is 76.5 Å². The number of hydrogen-bond donors (Lipinski definition) is 0. The Hall–Kier alpha value is -2.97. The first-order chi connectivity index (χ1) is 13.2. The third-order valence-electron chi connectivity index (χ3n) is 5.01. The fourth-order valence-electron chi connectivity index (χ4n) is 3.46. The molecule has 0 aliphatic carbocycles. The zero-order valence-electron chi connectivity index (χ0n) is 15.5. The molecule has 2 aromatic rings. The van der Waals surface area contributed by atoms with Gasteiger partial charge in [0.25, 0.3) is 0 Å². The summed E-state index contributed by atoms with van der Waals surface area (Å²) in [6, 6.07) is 3.87. The zero-order valence-corrected chi connectivity index (χ0v) is 15.5. The van der Waals surface area contributed by atoms with Crippen LogP contribution in [0.4, 0.5) is 17.7 Å². The summed E-state index contributed by atoms with van der Waals surface area (Å²) < 4.78 is 0. The number of anilines is 3. The Morgan fingerprint density at radius 2 is 1.41 bits per heavy atom. The monoisotopic (exact) mass is 368 g/mol. The predicted molar refractivity (Wildman–Crippen MR) is 103 cm³/mol. The number of amides is 1. The molecule has 9 heteroatoms. The van der Waals surface area contributed by atoms with Gasteiger partial charge in [-0.05, 0) is 13.0 Å². The molecule has 0 bridgehead atoms. The predicted octanol–water partition coefficient (Wildman–Crippen LogP) is 0.180. The van der Waals surface area contributed by atoms with Crippen molar-refractivity contribution >= 4 is 24.1 Å². The molecule has 2 aromatic heterocycles. The minimum absolute atomic E-state index is 0.714. The van der Waals surface area contributed by atoms with E-state index in [0.717, 1.165) is 69.1 Å². The Bertz CT molecular complexity index is 770. The summed E-state index contributed by atoms with van der Waals surface area (Å²) in [5.74, 6) is 2.50. The van der Waals surface area contributed by atoms with E-state index in [0.29, 0.717) is 13.1 Å². The van der Waals surface area contributed by atoms with Crippen LogP contribution in [0.2, 0.25) is 0 Å². The van der Waals surface area contributed by atoms with Crippen molar-refractivity contribution in [3.05, 3.63) is 30.2 Å². The number of rotatable bonds is 4. The second-order valence-electron chi connectivity index (χ2n) is 6.82. The molecular formula is C18H24N8O. The summed E-state index contributed by atoms with van der Waals surface area (Å²) >= 11 is 0. The van der Waals surface area contributed by atoms with E-state index in [1.807, 2.05) is 19.1 Å². The van der Waals surface area contributed by atoms with Crippen LogP contribution in [0.25, 0.3) is 0 Å². The number of aromatic nitrogens is 4. The smallest absolute Gasteiger partial charge is 0.227 e. The van der Waals surface area contributed by atoms with Gasteiger partial charge < -0.3 is 19.6 Å². The zero-order chi connectivity index (χ0) is 18.6. The van der Waals surface area contributed by atoms with E-state index in [4.69, 9.17) is 4.98 Å². The van der Waals surface area contributed by atoms with Gasteiger partial charge >= 0.3 is 0 Å². The molecule has 0 N–H and O–H groups in total. The highest BCUT2D eigenvalue weighted by atomic mass is 16.1. The Morgan fingerprint density at radius 1 is 0.815 bits per heavy atom. The Labute approximate surface area is 158 Å². The molecule has 0 saturated carbocycles. The quantitative estimate of drug-likeness (QED) is 0.707. The number of aryl methyl sites for hydroxylation is 1. The minimum atomic E-state index is 0.714. The molecule has 2 saturated heterocycles. The second kappa shape index (κ2) is 7.73. The van der Waals surface area contributed by atoms with Gasteiger partial charge in [-0.2, -0.15) is 4.98 Å². The van der Waals surface area contributed by atoms with E-state index in [9.17, 15) is 4.79 Å². The standard InChI is InChI=1S/C18H24N8O/c1-15-13-16(22-18(21-15)26-7-5-23(14-27)6-8-26)24-9-11-25(12-10-24)17-19-3-2-4-20-17/h2-4,13-14H,5-12H2,1H3. The van der Waals surface area contributed by atoms with Gasteiger partial charge in [0.1, 0.15) is 5.82 Å². The number of carbonyl (C=O) groups excluding carboxylic acids is 1. The van der Waals surface area contributed by atoms with Crippen LogP contribution in [-0.4, -0.2) is 83.6 Å². The maximum Gasteiger partial charge on any atom is 0.227 e. The van der Waals surface area contributed by atoms with Crippen LogP contribution < -0.4 is 14.7 Å². The second-order valence-corrected chi connectivity index (χ2v) is 6.82. The van der Waals surface area contributed by atoms with E-state index >= 15 is 0 Å². The van der Waals surface area contributed by atoms with Gasteiger partial charge in [-0.15, -0.1) is 0 Å². The summed E-state index contributed by atoms with van der Waals surface area (Å²) in [4.78, 5) is 37.4. The average molecular weight is 368 g/mol. The van der Waals surface area contributed by atoms with E-state index in [1.165, 1.54) is 0 Å². The summed E-state index contributed by atoms with van der Waals surface area (Å²) in [6.07, 6.45) is 4.47. The van der Waals surface area contributed by atoms with Crippen molar-refractivity contribution in [1.82, 2.24) is 24.8 Å². The molecule has 0 atom stereocenters. The normalized spacial score (nSPS) is 18.0. The Morgan fingerprint density at radius 3 is 2.07 bits per heavy atom. The summed E-state index contributed by atoms with van der Waals surface area (Å²) in [5.41, 5.74) is 0.960. The summed E-state index contributed by atoms with van der Waals surface area (Å²) in [7, 11) is 0. The van der Waals surface area contributed by atoms with Gasteiger partial charge in [-0.25, -0.2) is 15.0 Å². The number of piperazine rings is 2. The van der Waals surface area contributed by atoms with Crippen LogP contribution >= 0.6 is 0 Å². The molecule has 27 heavy (non-hydrogen) atoms. The van der Waals surface area contributed by atoms with E-state index < -0.39 is 0 Å². The highest BCUT2D eigenvalue weighted by molar-refractivity contribution is 5.50. The summed E-state index contributed by atoms with van der Waals surface area (Å²) in [5, 5.41) is 0. The lowest BCUT2D eigenvalue weighted by Crippen LogP contribution is -2.48. The van der Waals surface area contributed by atoms with Gasteiger partial charge in [0.05, 0.1) is 0 Å². The first-order valence-corrected chi connectivity index (χ1v) is 9.30. The molecule has 4 heterocycles. The molecule has 9 nitrogen and oxygen atoms in total. The van der Waals surface area contributed by atoms with Crippen LogP contribution in [0.3, 0.4) is 0 Å². The molecule has 0 unspecified atom stereocenters. The molecule has 1 amide bonds. The van der Waals surface area contributed by atoms with Gasteiger partial charge in [0.2, 0.25) is 18.3 Å². The first-order valence-electron chi connectivity index (χ1n) is 9.30. The van der Waals surface area contributed by atoms with Crippen molar-refractivity contribution in [2.45, 2.75) is 6.92 Å². The molecule has 142 valence electrons. The van der Waals surface area contributed by atoms with Gasteiger partial charge in [-0.3, -0.25) is 4.79 Å². The summed E-state index contributed by atoms with van der Waals surface area (Å²) in [6.45, 7) is 8.42. The highest BCUT2D eigenvalue weighted by Gasteiger charge is 2.23. The molecule has 0 spiro atoms. The average Bonchev–Trinajstić information content (AvgIpc) is 2.74. The molecule has 2 aliphatic heterocycles. The number of hydrogen-bond acceptors (Lipinski definition) is 8. The largest absolute Gasteiger partial charge is 0.353 e. The topological polar surface area (TPSA) is 81.6 Å². The molecule has 2 fully saturated rings. The van der Waals surface area contributed by atoms with Crippen molar-refractivity contribution < 1.29 is 4.79 Å². The number of nitrogens with zero attached hydrogens (tertiary/aromatic N) is 8. The minimum Gasteiger partial charge on any atom is -0.353 e. The first kappa shape index (κ1) is 17.4. The lowest BCUT2D eigenvalue weighted by molar-refractivity contribution is -0.118. The van der Waals surface area contributed by atoms with Crippen molar-refractivity contribution in [2.75, 3.05) is 67.1 Å². The van der Waals surface area contributed by atoms with Crippen LogP contribution in [0.1, 0.15) is 5.69 Å². The Balaban J connectivity index is 1.44. The lowest BCUT2D eigenvalue weighted by atomic mass is 10.3. The third-order valence-corrected chi connectivity index (χ3v) is 5.01. The van der Waals surface area contributed by atoms with Gasteiger partial charge in [-0.1, -0.05) is 0 Å². The maximum atomic E-state index is 10.9. The van der Waals surface area contributed by atoms with Crippen LogP contribution in [-0.2, 0) is 4.79 Å². The van der Waals surface area contributed by atoms with Crippen molar-refractivity contribution in [2.24, 2.45) is 0 Å². The van der Waals surface area contributed by atoms with Crippen LogP contribution in [0.15, 0.2) is 24.5 Å². The van der Waals surface area contributed by atoms with E-state index in [2.05, 4.69) is 29.7 Å². The fraction of sp³-hybridized carbons (Fsp3) is 0.500. The number of carbonyl (C=O) groups is 1. The fourth-order valence-corrected chi connectivity index (χ4v) is 3.46. The van der Waals surface area contributed by atoms with E-state index in [-0.39, 0.29) is 0 Å². The van der Waals surface area contributed by atoms with E-state index in [1.54, 1.807) is 17.3 Å². The highest BCUT2D eigenvalue weighted by Crippen LogP contribution is 2.21. The molecule has 0 radical (unpaired) electrons. The molecule has 4 rings (SSSR count). The SMILES string of the molecule is Cc1cc(N2CCN(c3ncccn3)CC2)nc(N2CCN(C=O)CC2)n1. The maximum absolute atomic E-state index is 10.9. The van der Waals surface area contributed by atoms with Gasteiger partial charge in [0.15, 0.2) is 0 Å². The molecule has 0 aromatic carbocycles. The van der Waals surface area contributed by atoms with Crippen molar-refractivity contribution in [1.29, 1.82) is 0 Å². The Kier molecular flexibility index (Phi) is 4.99. The molecular weight excluding hydrogens is 344 g/mol. The molecule has 2 aliphatic rings. The van der Waals surface area contributed by atoms with Crippen LogP contribution in [0.5, 0.6) is 0 Å².